The van der Waals surface area contributed by atoms with E-state index in [4.69, 9.17) is 4.74 Å². The van der Waals surface area contributed by atoms with Gasteiger partial charge in [-0.2, -0.15) is 4.31 Å². The average molecular weight is 287 g/mol. The van der Waals surface area contributed by atoms with Crippen LogP contribution in [0.4, 0.5) is 4.39 Å². The number of benzene rings is 1. The van der Waals surface area contributed by atoms with Crippen LogP contribution in [0.3, 0.4) is 0 Å². The van der Waals surface area contributed by atoms with Gasteiger partial charge < -0.3 is 4.74 Å². The van der Waals surface area contributed by atoms with Gasteiger partial charge in [0.25, 0.3) is 0 Å². The summed E-state index contributed by atoms with van der Waals surface area (Å²) in [6.07, 6.45) is 1.59. The van der Waals surface area contributed by atoms with Crippen molar-refractivity contribution in [3.8, 4) is 0 Å². The van der Waals surface area contributed by atoms with E-state index in [-0.39, 0.29) is 10.9 Å². The Bertz CT molecular complexity index is 559. The van der Waals surface area contributed by atoms with Crippen LogP contribution < -0.4 is 0 Å². The number of halogens is 1. The molecular formula is C13H18FNO3S. The number of hydrogen-bond donors (Lipinski definition) is 0. The fourth-order valence-electron chi connectivity index (χ4n) is 2.46. The number of rotatable bonds is 4. The lowest BCUT2D eigenvalue weighted by molar-refractivity contribution is 0.149. The van der Waals surface area contributed by atoms with Crippen molar-refractivity contribution in [1.82, 2.24) is 4.31 Å². The molecule has 1 aromatic rings. The molecule has 0 amide bonds. The minimum absolute atomic E-state index is 0.0514. The van der Waals surface area contributed by atoms with Crippen molar-refractivity contribution in [3.05, 3.63) is 29.6 Å². The Kier molecular flexibility index (Phi) is 4.23. The molecular weight excluding hydrogens is 269 g/mol. The first-order valence-electron chi connectivity index (χ1n) is 6.23. The molecule has 1 aliphatic heterocycles. The monoisotopic (exact) mass is 287 g/mol. The third-order valence-electron chi connectivity index (χ3n) is 3.42. The van der Waals surface area contributed by atoms with Gasteiger partial charge in [-0.1, -0.05) is 6.07 Å². The molecule has 106 valence electrons. The van der Waals surface area contributed by atoms with Crippen LogP contribution >= 0.6 is 0 Å². The van der Waals surface area contributed by atoms with Gasteiger partial charge in [-0.3, -0.25) is 0 Å². The summed E-state index contributed by atoms with van der Waals surface area (Å²) in [5.74, 6) is -0.535. The number of nitrogens with zero attached hydrogens (tertiary/aromatic N) is 1. The van der Waals surface area contributed by atoms with Crippen LogP contribution in [0.1, 0.15) is 18.4 Å². The molecule has 0 bridgehead atoms. The van der Waals surface area contributed by atoms with Crippen LogP contribution in [0, 0.1) is 12.7 Å². The van der Waals surface area contributed by atoms with E-state index >= 15 is 0 Å². The summed E-state index contributed by atoms with van der Waals surface area (Å²) in [6, 6.07) is 3.69. The van der Waals surface area contributed by atoms with E-state index in [1.54, 1.807) is 14.0 Å². The van der Waals surface area contributed by atoms with Crippen molar-refractivity contribution in [3.63, 3.8) is 0 Å². The molecule has 1 atom stereocenters. The van der Waals surface area contributed by atoms with Crippen LogP contribution in [0.15, 0.2) is 23.1 Å². The van der Waals surface area contributed by atoms with E-state index in [0.29, 0.717) is 18.7 Å². The SMILES string of the molecule is COCC1CCCN1S(=O)(=O)c1cc(F)ccc1C. The number of hydrogen-bond acceptors (Lipinski definition) is 3. The van der Waals surface area contributed by atoms with Crippen LogP contribution in [0.25, 0.3) is 0 Å². The first kappa shape index (κ1) is 14.4. The summed E-state index contributed by atoms with van der Waals surface area (Å²) >= 11 is 0. The highest BCUT2D eigenvalue weighted by molar-refractivity contribution is 7.89. The smallest absolute Gasteiger partial charge is 0.243 e. The number of ether oxygens (including phenoxy) is 1. The Morgan fingerprint density at radius 1 is 1.47 bits per heavy atom. The van der Waals surface area contributed by atoms with E-state index in [1.165, 1.54) is 16.4 Å². The van der Waals surface area contributed by atoms with Gasteiger partial charge in [0.05, 0.1) is 11.5 Å². The maximum atomic E-state index is 13.3. The van der Waals surface area contributed by atoms with E-state index in [0.717, 1.165) is 18.9 Å². The number of methoxy groups -OCH3 is 1. The first-order valence-corrected chi connectivity index (χ1v) is 7.67. The topological polar surface area (TPSA) is 46.6 Å². The zero-order chi connectivity index (χ0) is 14.0. The van der Waals surface area contributed by atoms with Crippen molar-refractivity contribution < 1.29 is 17.5 Å². The highest BCUT2D eigenvalue weighted by atomic mass is 32.2. The lowest BCUT2D eigenvalue weighted by atomic mass is 10.2. The third kappa shape index (κ3) is 2.80. The zero-order valence-electron chi connectivity index (χ0n) is 11.1. The van der Waals surface area contributed by atoms with E-state index < -0.39 is 15.8 Å². The number of aryl methyl sites for hydroxylation is 1. The molecule has 1 heterocycles. The van der Waals surface area contributed by atoms with Crippen LogP contribution in [-0.4, -0.2) is 39.0 Å². The van der Waals surface area contributed by atoms with Gasteiger partial charge in [-0.15, -0.1) is 0 Å². The normalized spacial score (nSPS) is 20.9. The molecule has 4 nitrogen and oxygen atoms in total. The Morgan fingerprint density at radius 3 is 2.89 bits per heavy atom. The quantitative estimate of drug-likeness (QED) is 0.850. The summed E-state index contributed by atoms with van der Waals surface area (Å²) in [4.78, 5) is 0.0514. The second kappa shape index (κ2) is 5.56. The molecule has 1 unspecified atom stereocenters. The van der Waals surface area contributed by atoms with Crippen LogP contribution in [0.5, 0.6) is 0 Å². The first-order chi connectivity index (χ1) is 8.96. The van der Waals surface area contributed by atoms with E-state index in [9.17, 15) is 12.8 Å². The summed E-state index contributed by atoms with van der Waals surface area (Å²) in [7, 11) is -2.10. The Morgan fingerprint density at radius 2 is 2.21 bits per heavy atom. The fourth-order valence-corrected chi connectivity index (χ4v) is 4.38. The standard InChI is InChI=1S/C13H18FNO3S/c1-10-5-6-11(14)8-13(10)19(16,17)15-7-3-4-12(15)9-18-2/h5-6,8,12H,3-4,7,9H2,1-2H3. The predicted molar refractivity (Wildman–Crippen MR) is 69.9 cm³/mol. The Balaban J connectivity index is 2.39. The third-order valence-corrected chi connectivity index (χ3v) is 5.51. The number of sulfonamides is 1. The maximum absolute atomic E-state index is 13.3. The molecule has 0 spiro atoms. The van der Waals surface area contributed by atoms with Gasteiger partial charge in [0.15, 0.2) is 0 Å². The summed E-state index contributed by atoms with van der Waals surface area (Å²) < 4.78 is 45.0. The molecule has 0 aromatic heterocycles. The van der Waals surface area contributed by atoms with Gasteiger partial charge in [0.2, 0.25) is 10.0 Å². The Hall–Kier alpha value is -0.980. The summed E-state index contributed by atoms with van der Waals surface area (Å²) in [5, 5.41) is 0. The molecule has 19 heavy (non-hydrogen) atoms. The lowest BCUT2D eigenvalue weighted by Gasteiger charge is -2.24. The van der Waals surface area contributed by atoms with Gasteiger partial charge in [-0.05, 0) is 37.5 Å². The molecule has 2 rings (SSSR count). The van der Waals surface area contributed by atoms with E-state index in [1.807, 2.05) is 0 Å². The molecule has 1 saturated heterocycles. The Labute approximate surface area is 113 Å². The molecule has 1 aliphatic rings. The maximum Gasteiger partial charge on any atom is 0.243 e. The molecule has 0 aliphatic carbocycles. The van der Waals surface area contributed by atoms with Gasteiger partial charge >= 0.3 is 0 Å². The second-order valence-electron chi connectivity index (χ2n) is 4.78. The molecule has 0 N–H and O–H groups in total. The van der Waals surface area contributed by atoms with Crippen molar-refractivity contribution in [2.45, 2.75) is 30.7 Å². The van der Waals surface area contributed by atoms with Crippen molar-refractivity contribution in [1.29, 1.82) is 0 Å². The summed E-state index contributed by atoms with van der Waals surface area (Å²) in [6.45, 7) is 2.51. The highest BCUT2D eigenvalue weighted by Crippen LogP contribution is 2.28. The fraction of sp³-hybridized carbons (Fsp3) is 0.538. The second-order valence-corrected chi connectivity index (χ2v) is 6.64. The molecule has 6 heteroatoms. The lowest BCUT2D eigenvalue weighted by Crippen LogP contribution is -2.38. The predicted octanol–water partition coefficient (Wildman–Crippen LogP) is 1.93. The minimum Gasteiger partial charge on any atom is -0.383 e. The summed E-state index contributed by atoms with van der Waals surface area (Å²) in [5.41, 5.74) is 0.560. The van der Waals surface area contributed by atoms with Crippen molar-refractivity contribution >= 4 is 10.0 Å². The van der Waals surface area contributed by atoms with Gasteiger partial charge in [-0.25, -0.2) is 12.8 Å². The van der Waals surface area contributed by atoms with Crippen molar-refractivity contribution in [2.75, 3.05) is 20.3 Å². The minimum atomic E-state index is -3.65. The molecule has 0 radical (unpaired) electrons. The molecule has 1 aromatic carbocycles. The highest BCUT2D eigenvalue weighted by Gasteiger charge is 2.36. The zero-order valence-corrected chi connectivity index (χ0v) is 11.9. The van der Waals surface area contributed by atoms with E-state index in [2.05, 4.69) is 0 Å². The van der Waals surface area contributed by atoms with Gasteiger partial charge in [0.1, 0.15) is 5.82 Å². The van der Waals surface area contributed by atoms with Gasteiger partial charge in [0, 0.05) is 19.7 Å². The van der Waals surface area contributed by atoms with Crippen LogP contribution in [-0.2, 0) is 14.8 Å². The largest absolute Gasteiger partial charge is 0.383 e. The molecule has 0 saturated carbocycles. The van der Waals surface area contributed by atoms with Crippen molar-refractivity contribution in [2.24, 2.45) is 0 Å². The molecule has 1 fully saturated rings. The van der Waals surface area contributed by atoms with Crippen LogP contribution in [0.2, 0.25) is 0 Å². The average Bonchev–Trinajstić information content (AvgIpc) is 2.81.